The van der Waals surface area contributed by atoms with E-state index in [-0.39, 0.29) is 11.7 Å². The Balaban J connectivity index is 1.89. The summed E-state index contributed by atoms with van der Waals surface area (Å²) in [5.74, 6) is -0.704. The minimum atomic E-state index is -0.375. The van der Waals surface area contributed by atoms with Crippen LogP contribution in [0.5, 0.6) is 0 Å². The predicted octanol–water partition coefficient (Wildman–Crippen LogP) is 5.44. The van der Waals surface area contributed by atoms with Gasteiger partial charge in [-0.2, -0.15) is 0 Å². The van der Waals surface area contributed by atoms with Crippen LogP contribution in [-0.4, -0.2) is 25.3 Å². The standard InChI is InChI=1S/C19H20ClFN2OS/c1-25-14-6-7-16(20)15(12-14)19(24)22-17-11-13(21)5-8-18(17)23-9-3-2-4-10-23/h5-8,11-12H,2-4,9-10H2,1H3,(H,22,24). The monoisotopic (exact) mass is 378 g/mol. The Morgan fingerprint density at radius 3 is 2.64 bits per heavy atom. The summed E-state index contributed by atoms with van der Waals surface area (Å²) in [4.78, 5) is 15.8. The molecule has 0 spiro atoms. The van der Waals surface area contributed by atoms with E-state index < -0.39 is 0 Å². The first kappa shape index (κ1) is 18.1. The Hall–Kier alpha value is -1.72. The number of nitrogens with one attached hydrogen (secondary N) is 1. The van der Waals surface area contributed by atoms with Gasteiger partial charge in [0.2, 0.25) is 0 Å². The quantitative estimate of drug-likeness (QED) is 0.718. The summed E-state index contributed by atoms with van der Waals surface area (Å²) in [6.45, 7) is 1.83. The molecule has 0 aromatic heterocycles. The van der Waals surface area contributed by atoms with Crippen LogP contribution in [0.2, 0.25) is 5.02 Å². The molecule has 6 heteroatoms. The fraction of sp³-hybridized carbons (Fsp3) is 0.316. The summed E-state index contributed by atoms with van der Waals surface area (Å²) in [5.41, 5.74) is 1.73. The maximum atomic E-state index is 13.8. The van der Waals surface area contributed by atoms with Crippen molar-refractivity contribution in [1.82, 2.24) is 0 Å². The highest BCUT2D eigenvalue weighted by atomic mass is 35.5. The number of benzene rings is 2. The van der Waals surface area contributed by atoms with E-state index in [0.717, 1.165) is 36.5 Å². The molecular formula is C19H20ClFN2OS. The summed E-state index contributed by atoms with van der Waals surface area (Å²) in [6.07, 6.45) is 5.35. The molecule has 0 aliphatic carbocycles. The molecule has 25 heavy (non-hydrogen) atoms. The number of hydrogen-bond acceptors (Lipinski definition) is 3. The summed E-state index contributed by atoms with van der Waals surface area (Å²) in [6, 6.07) is 9.86. The molecule has 0 unspecified atom stereocenters. The van der Waals surface area contributed by atoms with Gasteiger partial charge in [0.25, 0.3) is 5.91 Å². The maximum absolute atomic E-state index is 13.8. The zero-order chi connectivity index (χ0) is 17.8. The number of hydrogen-bond donors (Lipinski definition) is 1. The molecule has 0 radical (unpaired) electrons. The van der Waals surface area contributed by atoms with Crippen molar-refractivity contribution in [2.75, 3.05) is 29.6 Å². The van der Waals surface area contributed by atoms with Crippen molar-refractivity contribution >= 4 is 40.6 Å². The molecule has 3 rings (SSSR count). The highest BCUT2D eigenvalue weighted by Gasteiger charge is 2.18. The van der Waals surface area contributed by atoms with E-state index in [1.807, 2.05) is 12.3 Å². The SMILES string of the molecule is CSc1ccc(Cl)c(C(=O)Nc2cc(F)ccc2N2CCCCC2)c1. The van der Waals surface area contributed by atoms with E-state index in [1.165, 1.54) is 30.3 Å². The van der Waals surface area contributed by atoms with Crippen LogP contribution in [0.25, 0.3) is 0 Å². The minimum Gasteiger partial charge on any atom is -0.370 e. The second kappa shape index (κ2) is 8.11. The molecule has 2 aromatic carbocycles. The van der Waals surface area contributed by atoms with Crippen molar-refractivity contribution in [3.63, 3.8) is 0 Å². The average Bonchev–Trinajstić information content (AvgIpc) is 2.63. The molecule has 1 N–H and O–H groups in total. The molecule has 1 aliphatic rings. The van der Waals surface area contributed by atoms with E-state index in [4.69, 9.17) is 11.6 Å². The normalized spacial score (nSPS) is 14.4. The first-order valence-corrected chi connectivity index (χ1v) is 9.88. The van der Waals surface area contributed by atoms with Gasteiger partial charge in [-0.15, -0.1) is 11.8 Å². The molecular weight excluding hydrogens is 359 g/mol. The number of nitrogens with zero attached hydrogens (tertiary/aromatic N) is 1. The molecule has 0 bridgehead atoms. The number of halogens is 2. The lowest BCUT2D eigenvalue weighted by Crippen LogP contribution is -2.30. The van der Waals surface area contributed by atoms with Crippen LogP contribution in [0.4, 0.5) is 15.8 Å². The molecule has 1 aliphatic heterocycles. The van der Waals surface area contributed by atoms with E-state index in [9.17, 15) is 9.18 Å². The van der Waals surface area contributed by atoms with Gasteiger partial charge in [0.05, 0.1) is 22.0 Å². The summed E-state index contributed by atoms with van der Waals surface area (Å²) in [5, 5.41) is 3.22. The number of thioether (sulfide) groups is 1. The van der Waals surface area contributed by atoms with Crippen molar-refractivity contribution < 1.29 is 9.18 Å². The zero-order valence-electron chi connectivity index (χ0n) is 14.0. The lowest BCUT2D eigenvalue weighted by atomic mass is 10.1. The van der Waals surface area contributed by atoms with E-state index in [2.05, 4.69) is 10.2 Å². The molecule has 1 amide bonds. The van der Waals surface area contributed by atoms with Gasteiger partial charge in [0.15, 0.2) is 0 Å². The molecule has 1 saturated heterocycles. The Morgan fingerprint density at radius 2 is 1.92 bits per heavy atom. The molecule has 1 fully saturated rings. The van der Waals surface area contributed by atoms with Gasteiger partial charge in [0.1, 0.15) is 5.82 Å². The fourth-order valence-electron chi connectivity index (χ4n) is 3.01. The van der Waals surface area contributed by atoms with Crippen LogP contribution in [0, 0.1) is 5.82 Å². The van der Waals surface area contributed by atoms with Gasteiger partial charge in [-0.05, 0) is 61.9 Å². The molecule has 0 atom stereocenters. The second-order valence-electron chi connectivity index (χ2n) is 6.01. The molecule has 3 nitrogen and oxygen atoms in total. The fourth-order valence-corrected chi connectivity index (χ4v) is 3.66. The number of rotatable bonds is 4. The zero-order valence-corrected chi connectivity index (χ0v) is 15.6. The molecule has 1 heterocycles. The summed E-state index contributed by atoms with van der Waals surface area (Å²) in [7, 11) is 0. The van der Waals surface area contributed by atoms with Crippen LogP contribution < -0.4 is 10.2 Å². The summed E-state index contributed by atoms with van der Waals surface area (Å²) >= 11 is 7.72. The second-order valence-corrected chi connectivity index (χ2v) is 7.30. The highest BCUT2D eigenvalue weighted by molar-refractivity contribution is 7.98. The van der Waals surface area contributed by atoms with Crippen LogP contribution >= 0.6 is 23.4 Å². The van der Waals surface area contributed by atoms with Crippen LogP contribution in [0.15, 0.2) is 41.3 Å². The largest absolute Gasteiger partial charge is 0.370 e. The Labute approximate surface area is 156 Å². The van der Waals surface area contributed by atoms with Gasteiger partial charge < -0.3 is 10.2 Å². The third-order valence-electron chi connectivity index (χ3n) is 4.32. The van der Waals surface area contributed by atoms with Crippen LogP contribution in [0.3, 0.4) is 0 Å². The smallest absolute Gasteiger partial charge is 0.257 e. The minimum absolute atomic E-state index is 0.329. The molecule has 2 aromatic rings. The van der Waals surface area contributed by atoms with Crippen molar-refractivity contribution in [2.24, 2.45) is 0 Å². The molecule has 0 saturated carbocycles. The van der Waals surface area contributed by atoms with Crippen molar-refractivity contribution in [2.45, 2.75) is 24.2 Å². The van der Waals surface area contributed by atoms with Gasteiger partial charge in [-0.3, -0.25) is 4.79 Å². The topological polar surface area (TPSA) is 32.3 Å². The Morgan fingerprint density at radius 1 is 1.16 bits per heavy atom. The number of amides is 1. The predicted molar refractivity (Wildman–Crippen MR) is 104 cm³/mol. The number of piperidine rings is 1. The first-order chi connectivity index (χ1) is 12.1. The van der Waals surface area contributed by atoms with Crippen molar-refractivity contribution in [3.8, 4) is 0 Å². The lowest BCUT2D eigenvalue weighted by molar-refractivity contribution is 0.102. The van der Waals surface area contributed by atoms with E-state index in [1.54, 1.807) is 18.2 Å². The van der Waals surface area contributed by atoms with Gasteiger partial charge in [-0.1, -0.05) is 11.6 Å². The van der Waals surface area contributed by atoms with Gasteiger partial charge >= 0.3 is 0 Å². The average molecular weight is 379 g/mol. The lowest BCUT2D eigenvalue weighted by Gasteiger charge is -2.30. The highest BCUT2D eigenvalue weighted by Crippen LogP contribution is 2.31. The number of carbonyl (C=O) groups excluding carboxylic acids is 1. The number of carbonyl (C=O) groups is 1. The van der Waals surface area contributed by atoms with Gasteiger partial charge in [-0.25, -0.2) is 4.39 Å². The van der Waals surface area contributed by atoms with E-state index in [0.29, 0.717) is 16.3 Å². The van der Waals surface area contributed by atoms with E-state index >= 15 is 0 Å². The first-order valence-electron chi connectivity index (χ1n) is 8.28. The molecule has 132 valence electrons. The summed E-state index contributed by atoms with van der Waals surface area (Å²) < 4.78 is 13.8. The van der Waals surface area contributed by atoms with Crippen molar-refractivity contribution in [1.29, 1.82) is 0 Å². The van der Waals surface area contributed by atoms with Gasteiger partial charge in [0, 0.05) is 18.0 Å². The third kappa shape index (κ3) is 4.28. The Bertz CT molecular complexity index is 778. The Kier molecular flexibility index (Phi) is 5.86. The van der Waals surface area contributed by atoms with Crippen molar-refractivity contribution in [3.05, 3.63) is 52.8 Å². The van der Waals surface area contributed by atoms with Crippen LogP contribution in [0.1, 0.15) is 29.6 Å². The third-order valence-corrected chi connectivity index (χ3v) is 5.38. The maximum Gasteiger partial charge on any atom is 0.257 e. The number of anilines is 2. The van der Waals surface area contributed by atoms with Crippen LogP contribution in [-0.2, 0) is 0 Å².